The van der Waals surface area contributed by atoms with Gasteiger partial charge in [-0.3, -0.25) is 4.79 Å². The lowest BCUT2D eigenvalue weighted by atomic mass is 10.1. The number of carbonyl (C=O) groups is 1. The Morgan fingerprint density at radius 2 is 2.00 bits per heavy atom. The summed E-state index contributed by atoms with van der Waals surface area (Å²) < 4.78 is 43.2. The first kappa shape index (κ1) is 16.7. The van der Waals surface area contributed by atoms with Crippen molar-refractivity contribution in [2.75, 3.05) is 0 Å². The maximum Gasteiger partial charge on any atom is 0.438 e. The fourth-order valence-corrected chi connectivity index (χ4v) is 2.30. The zero-order valence-electron chi connectivity index (χ0n) is 10.9. The van der Waals surface area contributed by atoms with E-state index in [2.05, 4.69) is 30.6 Å². The number of aromatic nitrogens is 2. The molecule has 0 radical (unpaired) electrons. The van der Waals surface area contributed by atoms with Crippen LogP contribution in [0, 0.1) is 0 Å². The molecule has 0 aliphatic heterocycles. The van der Waals surface area contributed by atoms with Gasteiger partial charge in [0.15, 0.2) is 0 Å². The normalized spacial score (nSPS) is 11.4. The van der Waals surface area contributed by atoms with Crippen LogP contribution in [0.3, 0.4) is 0 Å². The quantitative estimate of drug-likeness (QED) is 0.703. The lowest BCUT2D eigenvalue weighted by molar-refractivity contribution is -0.145. The molecule has 4 nitrogen and oxygen atoms in total. The number of hydrogen-bond acceptors (Lipinski definition) is 4. The van der Waals surface area contributed by atoms with Gasteiger partial charge in [0, 0.05) is 17.5 Å². The molecule has 0 saturated carbocycles. The highest BCUT2D eigenvalue weighted by molar-refractivity contribution is 9.10. The molecule has 0 aliphatic carbocycles. The van der Waals surface area contributed by atoms with Crippen LogP contribution in [0.5, 0.6) is 5.88 Å². The second kappa shape index (κ2) is 6.21. The smallest absolute Gasteiger partial charge is 0.405 e. The Morgan fingerprint density at radius 1 is 1.32 bits per heavy atom. The van der Waals surface area contributed by atoms with E-state index >= 15 is 0 Å². The summed E-state index contributed by atoms with van der Waals surface area (Å²) in [5.41, 5.74) is -0.888. The number of carbonyl (C=O) groups excluding carboxylic acids is 1. The number of hydrogen-bond donors (Lipinski definition) is 0. The van der Waals surface area contributed by atoms with Gasteiger partial charge in [-0.1, -0.05) is 23.7 Å². The summed E-state index contributed by atoms with van der Waals surface area (Å²) in [4.78, 5) is 18.2. The summed E-state index contributed by atoms with van der Waals surface area (Å²) in [5.74, 6) is -1.84. The third-order valence-electron chi connectivity index (χ3n) is 2.43. The van der Waals surface area contributed by atoms with Crippen molar-refractivity contribution >= 4 is 33.5 Å². The number of halogens is 5. The summed E-state index contributed by atoms with van der Waals surface area (Å²) in [6.45, 7) is 0.975. The molecule has 0 unspecified atom stereocenters. The van der Waals surface area contributed by atoms with E-state index in [-0.39, 0.29) is 10.3 Å². The number of benzene rings is 1. The van der Waals surface area contributed by atoms with Crippen molar-refractivity contribution in [3.8, 4) is 17.1 Å². The van der Waals surface area contributed by atoms with Crippen molar-refractivity contribution in [3.63, 3.8) is 0 Å². The number of alkyl halides is 3. The van der Waals surface area contributed by atoms with Crippen LogP contribution in [0.2, 0.25) is 5.02 Å². The Labute approximate surface area is 136 Å². The first-order valence-corrected chi connectivity index (χ1v) is 6.94. The van der Waals surface area contributed by atoms with Crippen molar-refractivity contribution in [2.45, 2.75) is 13.1 Å². The van der Waals surface area contributed by atoms with E-state index in [0.29, 0.717) is 10.6 Å². The van der Waals surface area contributed by atoms with Crippen molar-refractivity contribution in [2.24, 2.45) is 0 Å². The predicted molar refractivity (Wildman–Crippen MR) is 76.5 cm³/mol. The SMILES string of the molecule is CC(=O)Oc1nc(-c2cccc(Cl)c2)c(Br)nc1C(F)(F)F. The average molecular weight is 396 g/mol. The molecule has 0 atom stereocenters. The van der Waals surface area contributed by atoms with E-state index in [1.54, 1.807) is 18.2 Å². The minimum absolute atomic E-state index is 0.0757. The standard InChI is InChI=1S/C13H7BrClF3N2O2/c1-6(21)22-12-10(13(16,17)18)20-11(14)9(19-12)7-3-2-4-8(15)5-7/h2-5H,1H3. The van der Waals surface area contributed by atoms with Crippen molar-refractivity contribution in [1.29, 1.82) is 0 Å². The molecule has 0 aliphatic rings. The molecule has 2 rings (SSSR count). The Bertz CT molecular complexity index is 738. The largest absolute Gasteiger partial charge is 0.438 e. The van der Waals surface area contributed by atoms with E-state index < -0.39 is 23.7 Å². The third-order valence-corrected chi connectivity index (χ3v) is 3.22. The van der Waals surface area contributed by atoms with Gasteiger partial charge >= 0.3 is 12.1 Å². The molecule has 1 aromatic carbocycles. The molecule has 22 heavy (non-hydrogen) atoms. The van der Waals surface area contributed by atoms with Crippen LogP contribution in [-0.2, 0) is 11.0 Å². The van der Waals surface area contributed by atoms with E-state index in [1.807, 2.05) is 0 Å². The van der Waals surface area contributed by atoms with Crippen molar-refractivity contribution in [3.05, 3.63) is 39.6 Å². The summed E-state index contributed by atoms with van der Waals surface area (Å²) in [5, 5.41) is 0.375. The van der Waals surface area contributed by atoms with Gasteiger partial charge in [-0.25, -0.2) is 9.97 Å². The molecule has 116 valence electrons. The van der Waals surface area contributed by atoms with Crippen LogP contribution < -0.4 is 4.74 Å². The molecule has 0 bridgehead atoms. The Morgan fingerprint density at radius 3 is 2.55 bits per heavy atom. The first-order chi connectivity index (χ1) is 10.2. The lowest BCUT2D eigenvalue weighted by Gasteiger charge is -2.13. The highest BCUT2D eigenvalue weighted by Crippen LogP contribution is 2.37. The maximum atomic E-state index is 12.9. The van der Waals surface area contributed by atoms with Crippen LogP contribution in [0.1, 0.15) is 12.6 Å². The molecule has 1 heterocycles. The minimum Gasteiger partial charge on any atom is -0.405 e. The van der Waals surface area contributed by atoms with E-state index in [9.17, 15) is 18.0 Å². The van der Waals surface area contributed by atoms with E-state index in [0.717, 1.165) is 6.92 Å². The molecule has 0 spiro atoms. The molecule has 0 amide bonds. The zero-order valence-corrected chi connectivity index (χ0v) is 13.3. The number of rotatable bonds is 2. The molecule has 0 fully saturated rings. The monoisotopic (exact) mass is 394 g/mol. The minimum atomic E-state index is -4.81. The van der Waals surface area contributed by atoms with Crippen molar-refractivity contribution in [1.82, 2.24) is 9.97 Å². The fraction of sp³-hybridized carbons (Fsp3) is 0.154. The summed E-state index contributed by atoms with van der Waals surface area (Å²) in [6.07, 6.45) is -4.81. The van der Waals surface area contributed by atoms with Gasteiger partial charge in [0.2, 0.25) is 5.69 Å². The highest BCUT2D eigenvalue weighted by Gasteiger charge is 2.39. The summed E-state index contributed by atoms with van der Waals surface area (Å²) in [7, 11) is 0. The van der Waals surface area contributed by atoms with E-state index in [4.69, 9.17) is 11.6 Å². The molecule has 2 aromatic rings. The molecule has 0 saturated heterocycles. The van der Waals surface area contributed by atoms with Crippen LogP contribution in [0.25, 0.3) is 11.3 Å². The zero-order chi connectivity index (χ0) is 16.5. The highest BCUT2D eigenvalue weighted by atomic mass is 79.9. The van der Waals surface area contributed by atoms with Crippen LogP contribution in [-0.4, -0.2) is 15.9 Å². The van der Waals surface area contributed by atoms with Gasteiger partial charge < -0.3 is 4.74 Å². The lowest BCUT2D eigenvalue weighted by Crippen LogP contribution is -2.15. The fourth-order valence-electron chi connectivity index (χ4n) is 1.61. The van der Waals surface area contributed by atoms with Crippen LogP contribution in [0.4, 0.5) is 13.2 Å². The Balaban J connectivity index is 2.65. The molecular formula is C13H7BrClF3N2O2. The number of ether oxygens (including phenoxy) is 1. The maximum absolute atomic E-state index is 12.9. The van der Waals surface area contributed by atoms with E-state index in [1.165, 1.54) is 6.07 Å². The van der Waals surface area contributed by atoms with Crippen LogP contribution >= 0.6 is 27.5 Å². The molecule has 1 aromatic heterocycles. The first-order valence-electron chi connectivity index (χ1n) is 5.77. The Hall–Kier alpha value is -1.67. The van der Waals surface area contributed by atoms with Gasteiger partial charge in [-0.05, 0) is 28.1 Å². The van der Waals surface area contributed by atoms with Crippen LogP contribution in [0.15, 0.2) is 28.9 Å². The second-order valence-corrected chi connectivity index (χ2v) is 5.31. The van der Waals surface area contributed by atoms with Gasteiger partial charge in [0.25, 0.3) is 5.88 Å². The molecule has 9 heteroatoms. The van der Waals surface area contributed by atoms with Crippen molar-refractivity contribution < 1.29 is 22.7 Å². The average Bonchev–Trinajstić information content (AvgIpc) is 2.38. The third kappa shape index (κ3) is 3.75. The van der Waals surface area contributed by atoms with Gasteiger partial charge in [-0.2, -0.15) is 13.2 Å². The summed E-state index contributed by atoms with van der Waals surface area (Å²) in [6, 6.07) is 6.30. The predicted octanol–water partition coefficient (Wildman–Crippen LogP) is 4.50. The summed E-state index contributed by atoms with van der Waals surface area (Å²) >= 11 is 8.79. The van der Waals surface area contributed by atoms with Gasteiger partial charge in [0.05, 0.1) is 0 Å². The second-order valence-electron chi connectivity index (χ2n) is 4.12. The molecule has 0 N–H and O–H groups in total. The Kier molecular flexibility index (Phi) is 4.72. The van der Waals surface area contributed by atoms with Gasteiger partial charge in [0.1, 0.15) is 10.3 Å². The van der Waals surface area contributed by atoms with Gasteiger partial charge in [-0.15, -0.1) is 0 Å². The molecular weight excluding hydrogens is 389 g/mol. The number of esters is 1. The topological polar surface area (TPSA) is 52.1 Å². The number of nitrogens with zero attached hydrogens (tertiary/aromatic N) is 2.